The van der Waals surface area contributed by atoms with E-state index in [1.807, 2.05) is 48.5 Å². The van der Waals surface area contributed by atoms with Gasteiger partial charge in [0.2, 0.25) is 5.91 Å². The first-order valence-electron chi connectivity index (χ1n) is 9.94. The Morgan fingerprint density at radius 1 is 1.00 bits per heavy atom. The zero-order valence-corrected chi connectivity index (χ0v) is 16.8. The van der Waals surface area contributed by atoms with Crippen molar-refractivity contribution in [3.8, 4) is 0 Å². The second-order valence-corrected chi connectivity index (χ2v) is 7.80. The highest BCUT2D eigenvalue weighted by Crippen LogP contribution is 2.33. The van der Waals surface area contributed by atoms with E-state index in [1.165, 1.54) is 12.1 Å². The third-order valence-electron chi connectivity index (χ3n) is 5.64. The van der Waals surface area contributed by atoms with Crippen molar-refractivity contribution < 1.29 is 14.0 Å². The zero-order valence-electron chi connectivity index (χ0n) is 16.8. The van der Waals surface area contributed by atoms with Crippen LogP contribution in [0.2, 0.25) is 0 Å². The molecule has 30 heavy (non-hydrogen) atoms. The van der Waals surface area contributed by atoms with Gasteiger partial charge in [-0.15, -0.1) is 0 Å². The van der Waals surface area contributed by atoms with E-state index in [4.69, 9.17) is 0 Å². The summed E-state index contributed by atoms with van der Waals surface area (Å²) in [6, 6.07) is 23.1. The van der Waals surface area contributed by atoms with Crippen LogP contribution in [-0.4, -0.2) is 22.3 Å². The molecule has 152 valence electrons. The van der Waals surface area contributed by atoms with Gasteiger partial charge >= 0.3 is 0 Å². The Morgan fingerprint density at radius 2 is 1.70 bits per heavy atom. The average Bonchev–Trinajstić information content (AvgIpc) is 2.76. The Labute approximate surface area is 175 Å². The number of amides is 2. The van der Waals surface area contributed by atoms with Crippen LogP contribution in [0.15, 0.2) is 78.9 Å². The maximum Gasteiger partial charge on any atom is 0.255 e. The highest BCUT2D eigenvalue weighted by molar-refractivity contribution is 6.02. The normalized spacial score (nSPS) is 18.1. The summed E-state index contributed by atoms with van der Waals surface area (Å²) in [5.74, 6) is -0.823. The molecule has 0 saturated heterocycles. The van der Waals surface area contributed by atoms with Crippen molar-refractivity contribution in [2.75, 3.05) is 0 Å². The number of benzene rings is 3. The van der Waals surface area contributed by atoms with Crippen LogP contribution in [-0.2, 0) is 24.3 Å². The van der Waals surface area contributed by atoms with Gasteiger partial charge in [-0.3, -0.25) is 9.59 Å². The molecule has 0 saturated carbocycles. The second-order valence-electron chi connectivity index (χ2n) is 7.80. The molecule has 2 amide bonds. The van der Waals surface area contributed by atoms with Crippen LogP contribution in [0.4, 0.5) is 4.39 Å². The van der Waals surface area contributed by atoms with E-state index in [1.54, 1.807) is 30.0 Å². The van der Waals surface area contributed by atoms with Gasteiger partial charge in [-0.25, -0.2) is 4.39 Å². The van der Waals surface area contributed by atoms with Gasteiger partial charge in [0.1, 0.15) is 11.4 Å². The summed E-state index contributed by atoms with van der Waals surface area (Å²) in [7, 11) is 0. The molecule has 1 aliphatic rings. The summed E-state index contributed by atoms with van der Waals surface area (Å²) in [4.78, 5) is 28.2. The van der Waals surface area contributed by atoms with Crippen LogP contribution < -0.4 is 5.32 Å². The van der Waals surface area contributed by atoms with Crippen LogP contribution in [0, 0.1) is 5.82 Å². The van der Waals surface area contributed by atoms with Gasteiger partial charge in [-0.1, -0.05) is 60.7 Å². The summed E-state index contributed by atoms with van der Waals surface area (Å²) in [5, 5.41) is 2.98. The van der Waals surface area contributed by atoms with Crippen LogP contribution in [0.25, 0.3) is 0 Å². The summed E-state index contributed by atoms with van der Waals surface area (Å²) in [6.45, 7) is 2.31. The molecule has 1 heterocycles. The standard InChI is InChI=1S/C25H23FN2O2/c1-25(24(30)27-16-18-8-3-2-4-9-18)15-20-11-5-6-13-22(20)23(29)28(25)17-19-10-7-12-21(26)14-19/h2-14H,15-17H2,1H3,(H,27,30). The number of nitrogens with zero attached hydrogens (tertiary/aromatic N) is 1. The number of carbonyl (C=O) groups is 2. The zero-order chi connectivity index (χ0) is 21.1. The topological polar surface area (TPSA) is 49.4 Å². The highest BCUT2D eigenvalue weighted by atomic mass is 19.1. The Balaban J connectivity index is 1.66. The van der Waals surface area contributed by atoms with E-state index in [9.17, 15) is 14.0 Å². The van der Waals surface area contributed by atoms with Gasteiger partial charge in [0, 0.05) is 25.1 Å². The van der Waals surface area contributed by atoms with E-state index in [2.05, 4.69) is 5.32 Å². The van der Waals surface area contributed by atoms with Gasteiger partial charge in [0.05, 0.1) is 0 Å². The van der Waals surface area contributed by atoms with E-state index < -0.39 is 5.54 Å². The molecule has 0 spiro atoms. The van der Waals surface area contributed by atoms with Crippen LogP contribution in [0.1, 0.15) is 34.0 Å². The molecular weight excluding hydrogens is 379 g/mol. The maximum absolute atomic E-state index is 13.7. The van der Waals surface area contributed by atoms with Crippen LogP contribution >= 0.6 is 0 Å². The molecule has 5 heteroatoms. The molecule has 3 aromatic carbocycles. The Hall–Kier alpha value is -3.47. The van der Waals surface area contributed by atoms with Gasteiger partial charge in [-0.05, 0) is 41.8 Å². The summed E-state index contributed by atoms with van der Waals surface area (Å²) < 4.78 is 13.7. The van der Waals surface area contributed by atoms with Crippen molar-refractivity contribution in [1.82, 2.24) is 10.2 Å². The first-order chi connectivity index (χ1) is 14.5. The lowest BCUT2D eigenvalue weighted by molar-refractivity contribution is -0.132. The third kappa shape index (κ3) is 3.83. The van der Waals surface area contributed by atoms with Crippen LogP contribution in [0.5, 0.6) is 0 Å². The average molecular weight is 402 g/mol. The number of fused-ring (bicyclic) bond motifs is 1. The van der Waals surface area contributed by atoms with Crippen molar-refractivity contribution in [2.24, 2.45) is 0 Å². The smallest absolute Gasteiger partial charge is 0.255 e. The predicted octanol–water partition coefficient (Wildman–Crippen LogP) is 4.10. The van der Waals surface area contributed by atoms with Gasteiger partial charge < -0.3 is 10.2 Å². The maximum atomic E-state index is 13.7. The fourth-order valence-electron chi connectivity index (χ4n) is 3.95. The van der Waals surface area contributed by atoms with E-state index in [0.29, 0.717) is 24.1 Å². The fourth-order valence-corrected chi connectivity index (χ4v) is 3.95. The molecule has 0 aliphatic carbocycles. The Bertz CT molecular complexity index is 1080. The first kappa shape index (κ1) is 19.8. The SMILES string of the molecule is CC1(C(=O)NCc2ccccc2)Cc2ccccc2C(=O)N1Cc1cccc(F)c1. The lowest BCUT2D eigenvalue weighted by Crippen LogP contribution is -2.62. The minimum atomic E-state index is -1.09. The summed E-state index contributed by atoms with van der Waals surface area (Å²) in [6.07, 6.45) is 0.394. The van der Waals surface area contributed by atoms with Crippen LogP contribution in [0.3, 0.4) is 0 Å². The van der Waals surface area contributed by atoms with Gasteiger partial charge in [-0.2, -0.15) is 0 Å². The largest absolute Gasteiger partial charge is 0.350 e. The fraction of sp³-hybridized carbons (Fsp3) is 0.200. The lowest BCUT2D eigenvalue weighted by atomic mass is 9.82. The van der Waals surface area contributed by atoms with Crippen molar-refractivity contribution in [1.29, 1.82) is 0 Å². The molecular formula is C25H23FN2O2. The van der Waals surface area contributed by atoms with Crippen molar-refractivity contribution in [3.05, 3.63) is 107 Å². The number of rotatable bonds is 5. The van der Waals surface area contributed by atoms with E-state index >= 15 is 0 Å². The number of halogens is 1. The molecule has 0 radical (unpaired) electrons. The van der Waals surface area contributed by atoms with E-state index in [0.717, 1.165) is 11.1 Å². The third-order valence-corrected chi connectivity index (χ3v) is 5.64. The molecule has 0 fully saturated rings. The summed E-state index contributed by atoms with van der Waals surface area (Å²) in [5.41, 5.74) is 1.96. The Morgan fingerprint density at radius 3 is 2.47 bits per heavy atom. The molecule has 1 aliphatic heterocycles. The first-order valence-corrected chi connectivity index (χ1v) is 9.94. The van der Waals surface area contributed by atoms with Crippen molar-refractivity contribution >= 4 is 11.8 Å². The number of hydrogen-bond acceptors (Lipinski definition) is 2. The summed E-state index contributed by atoms with van der Waals surface area (Å²) >= 11 is 0. The molecule has 1 N–H and O–H groups in total. The predicted molar refractivity (Wildman–Crippen MR) is 113 cm³/mol. The highest BCUT2D eigenvalue weighted by Gasteiger charge is 2.46. The second kappa shape index (κ2) is 8.11. The molecule has 1 unspecified atom stereocenters. The van der Waals surface area contributed by atoms with E-state index in [-0.39, 0.29) is 24.2 Å². The lowest BCUT2D eigenvalue weighted by Gasteiger charge is -2.44. The number of nitrogens with one attached hydrogen (secondary N) is 1. The Kier molecular flexibility index (Phi) is 5.36. The van der Waals surface area contributed by atoms with Gasteiger partial charge in [0.15, 0.2) is 0 Å². The molecule has 4 rings (SSSR count). The molecule has 3 aromatic rings. The minimum Gasteiger partial charge on any atom is -0.350 e. The minimum absolute atomic E-state index is 0.153. The monoisotopic (exact) mass is 402 g/mol. The molecule has 0 bridgehead atoms. The molecule has 0 aromatic heterocycles. The quantitative estimate of drug-likeness (QED) is 0.699. The van der Waals surface area contributed by atoms with Gasteiger partial charge in [0.25, 0.3) is 5.91 Å². The number of hydrogen-bond donors (Lipinski definition) is 1. The molecule has 1 atom stereocenters. The van der Waals surface area contributed by atoms with Crippen molar-refractivity contribution in [2.45, 2.75) is 32.0 Å². The van der Waals surface area contributed by atoms with Crippen molar-refractivity contribution in [3.63, 3.8) is 0 Å². The number of carbonyl (C=O) groups excluding carboxylic acids is 2. The molecule has 4 nitrogen and oxygen atoms in total.